The van der Waals surface area contributed by atoms with Crippen molar-refractivity contribution in [2.24, 2.45) is 16.7 Å². The van der Waals surface area contributed by atoms with E-state index in [1.54, 1.807) is 6.26 Å². The minimum absolute atomic E-state index is 0.122. The van der Waals surface area contributed by atoms with Gasteiger partial charge in [0.25, 0.3) is 0 Å². The Morgan fingerprint density at radius 2 is 2.18 bits per heavy atom. The third kappa shape index (κ3) is 0.777. The number of ether oxygens (including phenoxy) is 1. The zero-order chi connectivity index (χ0) is 12.0. The molecule has 0 aromatic carbocycles. The van der Waals surface area contributed by atoms with E-state index in [-0.39, 0.29) is 16.9 Å². The minimum atomic E-state index is 0.122. The molecule has 0 radical (unpaired) electrons. The van der Waals surface area contributed by atoms with Gasteiger partial charge >= 0.3 is 0 Å². The molecule has 0 amide bonds. The van der Waals surface area contributed by atoms with Crippen LogP contribution < -0.4 is 0 Å². The Morgan fingerprint density at radius 3 is 2.88 bits per heavy atom. The molecule has 1 saturated heterocycles. The zero-order valence-corrected chi connectivity index (χ0v) is 10.6. The van der Waals surface area contributed by atoms with Gasteiger partial charge in [0.2, 0.25) is 0 Å². The Bertz CT molecular complexity index is 529. The lowest BCUT2D eigenvalue weighted by Gasteiger charge is -2.51. The van der Waals surface area contributed by atoms with Crippen LogP contribution >= 0.6 is 0 Å². The van der Waals surface area contributed by atoms with Gasteiger partial charge in [0.05, 0.1) is 12.4 Å². The van der Waals surface area contributed by atoms with Crippen molar-refractivity contribution >= 4 is 5.57 Å². The van der Waals surface area contributed by atoms with Crippen molar-refractivity contribution in [1.29, 1.82) is 0 Å². The molecule has 0 spiro atoms. The second-order valence-corrected chi connectivity index (χ2v) is 6.34. The van der Waals surface area contributed by atoms with Gasteiger partial charge in [0, 0.05) is 16.4 Å². The quantitative estimate of drug-likeness (QED) is 0.676. The summed E-state index contributed by atoms with van der Waals surface area (Å²) in [6, 6.07) is 2.04. The molecule has 1 saturated carbocycles. The van der Waals surface area contributed by atoms with Crippen LogP contribution in [0.3, 0.4) is 0 Å². The molecular formula is C15H18O2. The molecule has 90 valence electrons. The summed E-state index contributed by atoms with van der Waals surface area (Å²) in [5.41, 5.74) is 2.73. The third-order valence-corrected chi connectivity index (χ3v) is 6.08. The van der Waals surface area contributed by atoms with Crippen molar-refractivity contribution in [2.45, 2.75) is 39.4 Å². The average molecular weight is 230 g/mol. The third-order valence-electron chi connectivity index (χ3n) is 6.08. The molecule has 5 atom stereocenters. The topological polar surface area (TPSA) is 22.4 Å². The van der Waals surface area contributed by atoms with Gasteiger partial charge in [-0.3, -0.25) is 0 Å². The number of hydrogen-bond acceptors (Lipinski definition) is 2. The van der Waals surface area contributed by atoms with Gasteiger partial charge < -0.3 is 9.15 Å². The fourth-order valence-corrected chi connectivity index (χ4v) is 4.55. The van der Waals surface area contributed by atoms with E-state index in [0.29, 0.717) is 12.0 Å². The minimum Gasteiger partial charge on any atom is -0.466 e. The first-order valence-electron chi connectivity index (χ1n) is 6.43. The lowest BCUT2D eigenvalue weighted by Crippen LogP contribution is -2.45. The van der Waals surface area contributed by atoms with Crippen LogP contribution in [0.4, 0.5) is 0 Å². The molecule has 2 aliphatic carbocycles. The first-order valence-corrected chi connectivity index (χ1v) is 6.43. The number of fused-ring (bicyclic) bond motifs is 3. The van der Waals surface area contributed by atoms with E-state index in [0.717, 1.165) is 12.2 Å². The number of allylic oxidation sites excluding steroid dienone is 1. The molecule has 2 bridgehead atoms. The second kappa shape index (κ2) is 2.54. The smallest absolute Gasteiger partial charge is 0.140 e. The summed E-state index contributed by atoms with van der Waals surface area (Å²) in [5.74, 6) is 1.58. The number of hydrogen-bond donors (Lipinski definition) is 0. The molecule has 2 nitrogen and oxygen atoms in total. The van der Waals surface area contributed by atoms with E-state index in [1.165, 1.54) is 11.1 Å². The Labute approximate surface area is 102 Å². The van der Waals surface area contributed by atoms with Crippen LogP contribution in [0.2, 0.25) is 0 Å². The summed E-state index contributed by atoms with van der Waals surface area (Å²) in [6.07, 6.45) is 3.36. The molecule has 0 N–H and O–H groups in total. The van der Waals surface area contributed by atoms with Gasteiger partial charge in [-0.15, -0.1) is 0 Å². The van der Waals surface area contributed by atoms with Crippen LogP contribution in [0.25, 0.3) is 5.57 Å². The first kappa shape index (κ1) is 9.95. The van der Waals surface area contributed by atoms with Crippen LogP contribution in [0.15, 0.2) is 23.3 Å². The monoisotopic (exact) mass is 230 g/mol. The molecule has 17 heavy (non-hydrogen) atoms. The van der Waals surface area contributed by atoms with Crippen LogP contribution in [0, 0.1) is 16.7 Å². The summed E-state index contributed by atoms with van der Waals surface area (Å²) in [4.78, 5) is 0. The molecule has 2 heterocycles. The van der Waals surface area contributed by atoms with Crippen LogP contribution in [-0.4, -0.2) is 6.10 Å². The van der Waals surface area contributed by atoms with E-state index in [9.17, 15) is 0 Å². The lowest BCUT2D eigenvalue weighted by atomic mass is 9.54. The van der Waals surface area contributed by atoms with Crippen molar-refractivity contribution in [2.75, 3.05) is 0 Å². The van der Waals surface area contributed by atoms with Gasteiger partial charge in [-0.1, -0.05) is 27.4 Å². The summed E-state index contributed by atoms with van der Waals surface area (Å²) in [5, 5.41) is 0. The Balaban J connectivity index is 2.05. The average Bonchev–Trinajstić information content (AvgIpc) is 2.90. The predicted octanol–water partition coefficient (Wildman–Crippen LogP) is 3.80. The normalized spacial score (nSPS) is 50.8. The van der Waals surface area contributed by atoms with Gasteiger partial charge in [-0.2, -0.15) is 0 Å². The number of rotatable bonds is 0. The maximum absolute atomic E-state index is 6.21. The largest absolute Gasteiger partial charge is 0.466 e. The Morgan fingerprint density at radius 1 is 1.41 bits per heavy atom. The maximum atomic E-state index is 6.21. The number of furan rings is 1. The molecule has 4 rings (SSSR count). The van der Waals surface area contributed by atoms with E-state index >= 15 is 0 Å². The molecule has 0 unspecified atom stereocenters. The highest BCUT2D eigenvalue weighted by Gasteiger charge is 2.71. The van der Waals surface area contributed by atoms with Crippen molar-refractivity contribution in [1.82, 2.24) is 0 Å². The zero-order valence-electron chi connectivity index (χ0n) is 10.6. The van der Waals surface area contributed by atoms with E-state index in [4.69, 9.17) is 9.15 Å². The van der Waals surface area contributed by atoms with Gasteiger partial charge in [-0.05, 0) is 24.0 Å². The Kier molecular flexibility index (Phi) is 1.48. The fraction of sp³-hybridized carbons (Fsp3) is 0.600. The standard InChI is InChI=1S/C15H18O2/c1-8-10-5-6-16-12(10)13-15(4)9(2)11(17-13)7-14(8,15)3/h5-6,9,11,13H,1,7H2,2-4H3/t9-,11+,13-,14+,15-/m1/s1. The maximum Gasteiger partial charge on any atom is 0.140 e. The molecule has 1 aromatic heterocycles. The van der Waals surface area contributed by atoms with Crippen molar-refractivity contribution in [3.8, 4) is 0 Å². The summed E-state index contributed by atoms with van der Waals surface area (Å²) in [6.45, 7) is 11.4. The van der Waals surface area contributed by atoms with Crippen molar-refractivity contribution < 1.29 is 9.15 Å². The predicted molar refractivity (Wildman–Crippen MR) is 65.4 cm³/mol. The summed E-state index contributed by atoms with van der Waals surface area (Å²) >= 11 is 0. The summed E-state index contributed by atoms with van der Waals surface area (Å²) in [7, 11) is 0. The SMILES string of the molecule is C=C1c2ccoc2[C@H]2O[C@H]3C[C@]1(C)[C@]2(C)[C@@H]3C. The van der Waals surface area contributed by atoms with E-state index in [1.807, 2.05) is 6.07 Å². The van der Waals surface area contributed by atoms with E-state index < -0.39 is 0 Å². The lowest BCUT2D eigenvalue weighted by molar-refractivity contribution is -0.0887. The Hall–Kier alpha value is -1.02. The van der Waals surface area contributed by atoms with Gasteiger partial charge in [0.1, 0.15) is 11.9 Å². The molecule has 1 aromatic rings. The highest BCUT2D eigenvalue weighted by Crippen LogP contribution is 2.75. The highest BCUT2D eigenvalue weighted by atomic mass is 16.5. The van der Waals surface area contributed by atoms with Gasteiger partial charge in [0.15, 0.2) is 0 Å². The second-order valence-electron chi connectivity index (χ2n) is 6.34. The van der Waals surface area contributed by atoms with Gasteiger partial charge in [-0.25, -0.2) is 0 Å². The first-order chi connectivity index (χ1) is 8.00. The fourth-order valence-electron chi connectivity index (χ4n) is 4.55. The molecule has 2 heteroatoms. The highest BCUT2D eigenvalue weighted by molar-refractivity contribution is 5.74. The molecule has 1 aliphatic heterocycles. The van der Waals surface area contributed by atoms with Crippen molar-refractivity contribution in [3.63, 3.8) is 0 Å². The molecule has 2 fully saturated rings. The van der Waals surface area contributed by atoms with E-state index in [2.05, 4.69) is 27.4 Å². The van der Waals surface area contributed by atoms with Crippen LogP contribution in [0.5, 0.6) is 0 Å². The summed E-state index contributed by atoms with van der Waals surface area (Å²) < 4.78 is 11.9. The molecular weight excluding hydrogens is 212 g/mol. The van der Waals surface area contributed by atoms with Crippen molar-refractivity contribution in [3.05, 3.63) is 30.2 Å². The van der Waals surface area contributed by atoms with Crippen LogP contribution in [-0.2, 0) is 4.74 Å². The molecule has 3 aliphatic rings. The van der Waals surface area contributed by atoms with Crippen LogP contribution in [0.1, 0.15) is 44.6 Å².